The number of esters is 1. The maximum atomic E-state index is 12.1. The van der Waals surface area contributed by atoms with Gasteiger partial charge in [0.15, 0.2) is 0 Å². The number of rotatable bonds is 7. The summed E-state index contributed by atoms with van der Waals surface area (Å²) in [7, 11) is 0. The molecule has 1 unspecified atom stereocenters. The monoisotopic (exact) mass is 300 g/mol. The highest BCUT2D eigenvalue weighted by molar-refractivity contribution is 5.81. The Morgan fingerprint density at radius 2 is 2.05 bits per heavy atom. The minimum absolute atomic E-state index is 0.0802. The summed E-state index contributed by atoms with van der Waals surface area (Å²) in [5.74, 6) is -0.323. The molecule has 0 aliphatic carbocycles. The lowest BCUT2D eigenvalue weighted by Crippen LogP contribution is -2.45. The van der Waals surface area contributed by atoms with Crippen molar-refractivity contribution < 1.29 is 19.4 Å². The third-order valence-corrected chi connectivity index (χ3v) is 3.30. The Balaban J connectivity index is 2.39. The van der Waals surface area contributed by atoms with Gasteiger partial charge < -0.3 is 15.2 Å². The first-order chi connectivity index (χ1) is 9.83. The predicted octanol–water partition coefficient (Wildman–Crippen LogP) is 0.681. The first-order valence-corrected chi connectivity index (χ1v) is 7.68. The van der Waals surface area contributed by atoms with Crippen molar-refractivity contribution in [3.63, 3.8) is 0 Å². The van der Waals surface area contributed by atoms with Crippen molar-refractivity contribution in [2.75, 3.05) is 26.2 Å². The molecule has 0 aromatic heterocycles. The van der Waals surface area contributed by atoms with Crippen LogP contribution in [0, 0.1) is 0 Å². The van der Waals surface area contributed by atoms with Crippen LogP contribution in [-0.4, -0.2) is 59.8 Å². The number of likely N-dealkylation sites (tertiary alicyclic amines) is 1. The van der Waals surface area contributed by atoms with Gasteiger partial charge in [-0.3, -0.25) is 14.5 Å². The van der Waals surface area contributed by atoms with Crippen molar-refractivity contribution in [3.8, 4) is 0 Å². The maximum Gasteiger partial charge on any atom is 0.323 e. The minimum atomic E-state index is -0.502. The number of carbonyl (C=O) groups is 2. The van der Waals surface area contributed by atoms with Crippen molar-refractivity contribution in [1.29, 1.82) is 0 Å². The molecule has 1 saturated heterocycles. The van der Waals surface area contributed by atoms with Gasteiger partial charge in [-0.15, -0.1) is 0 Å². The molecule has 2 N–H and O–H groups in total. The molecule has 1 fully saturated rings. The number of carbonyl (C=O) groups excluding carboxylic acids is 2. The van der Waals surface area contributed by atoms with E-state index in [1.54, 1.807) is 0 Å². The van der Waals surface area contributed by atoms with E-state index in [2.05, 4.69) is 5.32 Å². The van der Waals surface area contributed by atoms with Crippen LogP contribution in [0.4, 0.5) is 0 Å². The summed E-state index contributed by atoms with van der Waals surface area (Å²) in [6.45, 7) is 7.21. The van der Waals surface area contributed by atoms with Crippen molar-refractivity contribution in [2.24, 2.45) is 0 Å². The second-order valence-electron chi connectivity index (χ2n) is 6.44. The van der Waals surface area contributed by atoms with Crippen LogP contribution in [0.25, 0.3) is 0 Å². The molecule has 6 heteroatoms. The lowest BCUT2D eigenvalue weighted by Gasteiger charge is -2.26. The first kappa shape index (κ1) is 17.9. The molecule has 6 nitrogen and oxygen atoms in total. The molecule has 0 spiro atoms. The van der Waals surface area contributed by atoms with Crippen molar-refractivity contribution in [3.05, 3.63) is 0 Å². The van der Waals surface area contributed by atoms with E-state index in [1.807, 2.05) is 25.7 Å². The van der Waals surface area contributed by atoms with Gasteiger partial charge in [-0.05, 0) is 53.0 Å². The summed E-state index contributed by atoms with van der Waals surface area (Å²) in [5, 5.41) is 11.5. The standard InChI is InChI=1S/C15H28N2O4/c1-15(2,3)21-14(20)12-7-6-9-17(12)11-13(19)16-8-4-5-10-18/h12,18H,4-11H2,1-3H3,(H,16,19). The number of nitrogens with one attached hydrogen (secondary N) is 1. The van der Waals surface area contributed by atoms with Gasteiger partial charge >= 0.3 is 5.97 Å². The molecule has 0 radical (unpaired) electrons. The van der Waals surface area contributed by atoms with Gasteiger partial charge in [0, 0.05) is 13.2 Å². The third kappa shape index (κ3) is 6.91. The molecule has 0 bridgehead atoms. The Labute approximate surface area is 126 Å². The molecule has 122 valence electrons. The zero-order valence-corrected chi connectivity index (χ0v) is 13.4. The molecule has 1 rings (SSSR count). The summed E-state index contributed by atoms with van der Waals surface area (Å²) in [6.07, 6.45) is 3.09. The molecule has 0 aromatic rings. The fourth-order valence-electron chi connectivity index (χ4n) is 2.36. The summed E-state index contributed by atoms with van der Waals surface area (Å²) < 4.78 is 5.41. The summed E-state index contributed by atoms with van der Waals surface area (Å²) in [4.78, 5) is 25.9. The van der Waals surface area contributed by atoms with Gasteiger partial charge in [0.1, 0.15) is 11.6 Å². The number of hydrogen-bond donors (Lipinski definition) is 2. The van der Waals surface area contributed by atoms with E-state index in [4.69, 9.17) is 9.84 Å². The highest BCUT2D eigenvalue weighted by Crippen LogP contribution is 2.20. The molecule has 0 saturated carbocycles. The number of aliphatic hydroxyl groups is 1. The fraction of sp³-hybridized carbons (Fsp3) is 0.867. The smallest absolute Gasteiger partial charge is 0.323 e. The van der Waals surface area contributed by atoms with E-state index in [0.717, 1.165) is 25.8 Å². The van der Waals surface area contributed by atoms with E-state index in [1.165, 1.54) is 0 Å². The normalized spacial score (nSPS) is 19.5. The predicted molar refractivity (Wildman–Crippen MR) is 79.8 cm³/mol. The number of amides is 1. The second kappa shape index (κ2) is 8.34. The Morgan fingerprint density at radius 3 is 2.67 bits per heavy atom. The van der Waals surface area contributed by atoms with Crippen molar-refractivity contribution in [2.45, 2.75) is 58.1 Å². The Kier molecular flexibility index (Phi) is 7.11. The average molecular weight is 300 g/mol. The van der Waals surface area contributed by atoms with Crippen LogP contribution < -0.4 is 5.32 Å². The zero-order chi connectivity index (χ0) is 15.9. The van der Waals surface area contributed by atoms with Crippen LogP contribution in [-0.2, 0) is 14.3 Å². The molecular formula is C15H28N2O4. The fourth-order valence-corrected chi connectivity index (χ4v) is 2.36. The number of nitrogens with zero attached hydrogens (tertiary/aromatic N) is 1. The van der Waals surface area contributed by atoms with Crippen LogP contribution in [0.2, 0.25) is 0 Å². The Bertz CT molecular complexity index is 352. The Hall–Kier alpha value is -1.14. The van der Waals surface area contributed by atoms with Crippen molar-refractivity contribution in [1.82, 2.24) is 10.2 Å². The van der Waals surface area contributed by atoms with Crippen LogP contribution in [0.15, 0.2) is 0 Å². The van der Waals surface area contributed by atoms with E-state index in [0.29, 0.717) is 13.0 Å². The lowest BCUT2D eigenvalue weighted by molar-refractivity contribution is -0.160. The summed E-state index contributed by atoms with van der Waals surface area (Å²) in [6, 6.07) is -0.313. The van der Waals surface area contributed by atoms with Gasteiger partial charge in [-0.1, -0.05) is 0 Å². The SMILES string of the molecule is CC(C)(C)OC(=O)C1CCCN1CC(=O)NCCCCO. The molecule has 1 atom stereocenters. The van der Waals surface area contributed by atoms with Crippen LogP contribution in [0.5, 0.6) is 0 Å². The molecule has 21 heavy (non-hydrogen) atoms. The maximum absolute atomic E-state index is 12.1. The highest BCUT2D eigenvalue weighted by Gasteiger charge is 2.34. The van der Waals surface area contributed by atoms with Crippen LogP contribution in [0.3, 0.4) is 0 Å². The molecule has 1 aliphatic heterocycles. The quantitative estimate of drug-likeness (QED) is 0.534. The molecule has 0 aromatic carbocycles. The van der Waals surface area contributed by atoms with E-state index >= 15 is 0 Å². The number of unbranched alkanes of at least 4 members (excludes halogenated alkanes) is 1. The largest absolute Gasteiger partial charge is 0.459 e. The Morgan fingerprint density at radius 1 is 1.33 bits per heavy atom. The van der Waals surface area contributed by atoms with E-state index in [9.17, 15) is 9.59 Å². The summed E-state index contributed by atoms with van der Waals surface area (Å²) in [5.41, 5.74) is -0.502. The molecule has 1 aliphatic rings. The van der Waals surface area contributed by atoms with Gasteiger partial charge in [0.05, 0.1) is 6.54 Å². The summed E-state index contributed by atoms with van der Waals surface area (Å²) >= 11 is 0. The molecule has 1 heterocycles. The minimum Gasteiger partial charge on any atom is -0.459 e. The van der Waals surface area contributed by atoms with Gasteiger partial charge in [-0.25, -0.2) is 0 Å². The zero-order valence-electron chi connectivity index (χ0n) is 13.4. The highest BCUT2D eigenvalue weighted by atomic mass is 16.6. The average Bonchev–Trinajstić information content (AvgIpc) is 2.81. The van der Waals surface area contributed by atoms with E-state index in [-0.39, 0.29) is 31.1 Å². The van der Waals surface area contributed by atoms with Crippen molar-refractivity contribution >= 4 is 11.9 Å². The lowest BCUT2D eigenvalue weighted by atomic mass is 10.1. The van der Waals surface area contributed by atoms with Crippen LogP contribution in [0.1, 0.15) is 46.5 Å². The van der Waals surface area contributed by atoms with Gasteiger partial charge in [0.25, 0.3) is 0 Å². The topological polar surface area (TPSA) is 78.9 Å². The first-order valence-electron chi connectivity index (χ1n) is 7.68. The number of hydrogen-bond acceptors (Lipinski definition) is 5. The molecule has 1 amide bonds. The second-order valence-corrected chi connectivity index (χ2v) is 6.44. The van der Waals surface area contributed by atoms with E-state index < -0.39 is 5.60 Å². The molecular weight excluding hydrogens is 272 g/mol. The van der Waals surface area contributed by atoms with Gasteiger partial charge in [0.2, 0.25) is 5.91 Å². The van der Waals surface area contributed by atoms with Crippen LogP contribution >= 0.6 is 0 Å². The van der Waals surface area contributed by atoms with Gasteiger partial charge in [-0.2, -0.15) is 0 Å². The number of ether oxygens (including phenoxy) is 1. The number of aliphatic hydroxyl groups excluding tert-OH is 1. The third-order valence-electron chi connectivity index (χ3n) is 3.30.